The maximum Gasteiger partial charge on any atom is 0.0397 e. The summed E-state index contributed by atoms with van der Waals surface area (Å²) in [6.45, 7) is 6.88. The number of likely N-dealkylation sites (N-methyl/N-ethyl adjacent to an activating group) is 1. The van der Waals surface area contributed by atoms with Crippen molar-refractivity contribution in [3.8, 4) is 0 Å². The highest BCUT2D eigenvalue weighted by Crippen LogP contribution is 2.43. The van der Waals surface area contributed by atoms with Crippen molar-refractivity contribution in [2.45, 2.75) is 70.4 Å². The van der Waals surface area contributed by atoms with Crippen LogP contribution >= 0.6 is 0 Å². The topological polar surface area (TPSA) is 41.3 Å². The van der Waals surface area contributed by atoms with Gasteiger partial charge in [-0.05, 0) is 38.3 Å². The molecule has 3 heteroatoms. The summed E-state index contributed by atoms with van der Waals surface area (Å²) in [6, 6.07) is 0.498. The number of nitrogens with one attached hydrogen (secondary N) is 1. The summed E-state index contributed by atoms with van der Waals surface area (Å²) in [5.41, 5.74) is 3.51. The van der Waals surface area contributed by atoms with E-state index >= 15 is 0 Å². The Balaban J connectivity index is 2.11. The number of hydrogen-bond acceptors (Lipinski definition) is 3. The number of nitrogens with zero attached hydrogens (tertiary/aromatic N) is 1. The van der Waals surface area contributed by atoms with Gasteiger partial charge in [0.05, 0.1) is 0 Å². The first kappa shape index (κ1) is 13.3. The maximum atomic E-state index is 5.88. The lowest BCUT2D eigenvalue weighted by molar-refractivity contribution is 0.0575. The molecule has 2 fully saturated rings. The Bertz CT molecular complexity index is 228. The second-order valence-electron chi connectivity index (χ2n) is 5.88. The number of hydrogen-bond donors (Lipinski definition) is 2. The molecular formula is C14H29N3. The monoisotopic (exact) mass is 239 g/mol. The molecule has 2 aliphatic rings. The van der Waals surface area contributed by atoms with Crippen LogP contribution in [0.15, 0.2) is 0 Å². The molecule has 3 nitrogen and oxygen atoms in total. The zero-order valence-electron chi connectivity index (χ0n) is 11.5. The summed E-state index contributed by atoms with van der Waals surface area (Å²) < 4.78 is 0. The molecule has 0 aromatic rings. The maximum absolute atomic E-state index is 5.88. The van der Waals surface area contributed by atoms with Gasteiger partial charge in [-0.1, -0.05) is 39.5 Å². The molecule has 0 aromatic carbocycles. The smallest absolute Gasteiger partial charge is 0.0397 e. The van der Waals surface area contributed by atoms with Gasteiger partial charge in [-0.2, -0.15) is 0 Å². The van der Waals surface area contributed by atoms with Gasteiger partial charge in [0, 0.05) is 11.6 Å². The lowest BCUT2D eigenvalue weighted by Crippen LogP contribution is -2.61. The van der Waals surface area contributed by atoms with Crippen molar-refractivity contribution < 1.29 is 0 Å². The molecule has 2 aliphatic carbocycles. The van der Waals surface area contributed by atoms with Gasteiger partial charge in [-0.3, -0.25) is 16.2 Å². The second kappa shape index (κ2) is 5.68. The molecule has 0 spiro atoms. The Morgan fingerprint density at radius 3 is 2.24 bits per heavy atom. The van der Waals surface area contributed by atoms with E-state index in [4.69, 9.17) is 5.84 Å². The van der Waals surface area contributed by atoms with E-state index in [-0.39, 0.29) is 0 Å². The van der Waals surface area contributed by atoms with Crippen LogP contribution in [-0.4, -0.2) is 29.6 Å². The van der Waals surface area contributed by atoms with Crippen LogP contribution in [-0.2, 0) is 0 Å². The Morgan fingerprint density at radius 1 is 1.24 bits per heavy atom. The quantitative estimate of drug-likeness (QED) is 0.529. The van der Waals surface area contributed by atoms with E-state index in [9.17, 15) is 0 Å². The predicted octanol–water partition coefficient (Wildman–Crippen LogP) is 2.27. The fourth-order valence-electron chi connectivity index (χ4n) is 3.86. The van der Waals surface area contributed by atoms with E-state index in [2.05, 4.69) is 24.2 Å². The first-order valence-corrected chi connectivity index (χ1v) is 7.48. The Morgan fingerprint density at radius 2 is 1.82 bits per heavy atom. The van der Waals surface area contributed by atoms with Crippen molar-refractivity contribution in [1.29, 1.82) is 0 Å². The summed E-state index contributed by atoms with van der Waals surface area (Å²) in [7, 11) is 0. The predicted molar refractivity (Wildman–Crippen MR) is 72.6 cm³/mol. The van der Waals surface area contributed by atoms with Crippen LogP contribution in [0.4, 0.5) is 0 Å². The zero-order chi connectivity index (χ0) is 12.3. The highest BCUT2D eigenvalue weighted by atomic mass is 15.3. The Kier molecular flexibility index (Phi) is 4.45. The number of nitrogens with two attached hydrogens (primary N) is 1. The second-order valence-corrected chi connectivity index (χ2v) is 5.88. The lowest BCUT2D eigenvalue weighted by Gasteiger charge is -2.46. The van der Waals surface area contributed by atoms with E-state index < -0.39 is 0 Å². The van der Waals surface area contributed by atoms with Crippen molar-refractivity contribution in [3.05, 3.63) is 0 Å². The molecule has 3 N–H and O–H groups in total. The van der Waals surface area contributed by atoms with Gasteiger partial charge in [-0.25, -0.2) is 0 Å². The molecule has 1 unspecified atom stereocenters. The van der Waals surface area contributed by atoms with Crippen LogP contribution in [0.5, 0.6) is 0 Å². The van der Waals surface area contributed by atoms with Crippen LogP contribution < -0.4 is 11.3 Å². The van der Waals surface area contributed by atoms with Gasteiger partial charge in [-0.15, -0.1) is 0 Å². The molecule has 2 rings (SSSR count). The van der Waals surface area contributed by atoms with Crippen LogP contribution in [0.3, 0.4) is 0 Å². The average Bonchev–Trinajstić information content (AvgIpc) is 3.05. The van der Waals surface area contributed by atoms with E-state index in [0.29, 0.717) is 11.6 Å². The molecular weight excluding hydrogens is 210 g/mol. The van der Waals surface area contributed by atoms with E-state index in [0.717, 1.165) is 19.0 Å². The van der Waals surface area contributed by atoms with Crippen LogP contribution in [0.25, 0.3) is 0 Å². The number of hydrazine groups is 1. The molecule has 0 aromatic heterocycles. The van der Waals surface area contributed by atoms with Gasteiger partial charge in [0.25, 0.3) is 0 Å². The van der Waals surface area contributed by atoms with E-state index in [1.165, 1.54) is 44.9 Å². The van der Waals surface area contributed by atoms with Crippen molar-refractivity contribution in [3.63, 3.8) is 0 Å². The van der Waals surface area contributed by atoms with E-state index in [1.54, 1.807) is 0 Å². The third-order valence-corrected chi connectivity index (χ3v) is 4.98. The normalized spacial score (nSPS) is 25.4. The van der Waals surface area contributed by atoms with Crippen LogP contribution in [0.2, 0.25) is 0 Å². The lowest BCUT2D eigenvalue weighted by atomic mass is 9.83. The summed E-state index contributed by atoms with van der Waals surface area (Å²) in [6.07, 6.45) is 9.54. The fraction of sp³-hybridized carbons (Fsp3) is 1.00. The van der Waals surface area contributed by atoms with Gasteiger partial charge in [0.1, 0.15) is 0 Å². The van der Waals surface area contributed by atoms with Crippen molar-refractivity contribution in [2.75, 3.05) is 13.1 Å². The zero-order valence-corrected chi connectivity index (χ0v) is 11.5. The molecule has 0 heterocycles. The van der Waals surface area contributed by atoms with Crippen LogP contribution in [0.1, 0.15) is 58.8 Å². The SMILES string of the molecule is CCN(CC)C1(C(CC2CC2)NN)CCCC1. The minimum absolute atomic E-state index is 0.348. The minimum Gasteiger partial charge on any atom is -0.297 e. The van der Waals surface area contributed by atoms with Gasteiger partial charge < -0.3 is 0 Å². The Labute approximate surface area is 106 Å². The Hall–Kier alpha value is -0.120. The van der Waals surface area contributed by atoms with Gasteiger partial charge in [0.15, 0.2) is 0 Å². The van der Waals surface area contributed by atoms with Gasteiger partial charge >= 0.3 is 0 Å². The van der Waals surface area contributed by atoms with E-state index in [1.807, 2.05) is 0 Å². The molecule has 2 saturated carbocycles. The van der Waals surface area contributed by atoms with Crippen molar-refractivity contribution in [2.24, 2.45) is 11.8 Å². The largest absolute Gasteiger partial charge is 0.297 e. The van der Waals surface area contributed by atoms with Crippen LogP contribution in [0, 0.1) is 5.92 Å². The summed E-state index contributed by atoms with van der Waals surface area (Å²) in [5.74, 6) is 6.83. The third-order valence-electron chi connectivity index (χ3n) is 4.98. The number of rotatable bonds is 7. The first-order valence-electron chi connectivity index (χ1n) is 7.48. The summed E-state index contributed by atoms with van der Waals surface area (Å²) >= 11 is 0. The standard InChI is InChI=1S/C14H29N3/c1-3-17(4-2)14(9-5-6-10-14)13(16-15)11-12-7-8-12/h12-13,16H,3-11,15H2,1-2H3. The molecule has 0 saturated heterocycles. The molecule has 0 bridgehead atoms. The highest BCUT2D eigenvalue weighted by molar-refractivity contribution is 5.04. The molecule has 0 aliphatic heterocycles. The third kappa shape index (κ3) is 2.67. The highest BCUT2D eigenvalue weighted by Gasteiger charge is 2.46. The van der Waals surface area contributed by atoms with Crippen molar-refractivity contribution >= 4 is 0 Å². The van der Waals surface area contributed by atoms with Crippen molar-refractivity contribution in [1.82, 2.24) is 10.3 Å². The molecule has 1 atom stereocenters. The first-order chi connectivity index (χ1) is 8.26. The summed E-state index contributed by atoms with van der Waals surface area (Å²) in [4.78, 5) is 2.66. The molecule has 0 amide bonds. The summed E-state index contributed by atoms with van der Waals surface area (Å²) in [5, 5.41) is 0. The fourth-order valence-corrected chi connectivity index (χ4v) is 3.86. The minimum atomic E-state index is 0.348. The average molecular weight is 239 g/mol. The molecule has 100 valence electrons. The van der Waals surface area contributed by atoms with Gasteiger partial charge in [0.2, 0.25) is 0 Å². The molecule has 0 radical (unpaired) electrons. The molecule has 17 heavy (non-hydrogen) atoms.